The first-order chi connectivity index (χ1) is 14.2. The van der Waals surface area contributed by atoms with Gasteiger partial charge in [-0.15, -0.1) is 0 Å². The lowest BCUT2D eigenvalue weighted by Gasteiger charge is -2.11. The van der Waals surface area contributed by atoms with Gasteiger partial charge in [-0.05, 0) is 42.7 Å². The zero-order valence-electron chi connectivity index (χ0n) is 15.9. The Morgan fingerprint density at radius 3 is 2.72 bits per heavy atom. The van der Waals surface area contributed by atoms with Gasteiger partial charge < -0.3 is 4.74 Å². The Morgan fingerprint density at radius 1 is 1.07 bits per heavy atom. The minimum absolute atomic E-state index is 0.176. The number of ketones is 1. The third-order valence-corrected chi connectivity index (χ3v) is 4.84. The summed E-state index contributed by atoms with van der Waals surface area (Å²) in [5.41, 5.74) is 5.56. The summed E-state index contributed by atoms with van der Waals surface area (Å²) in [4.78, 5) is 28.1. The van der Waals surface area contributed by atoms with Gasteiger partial charge >= 0.3 is 0 Å². The number of fused-ring (bicyclic) bond motifs is 1. The van der Waals surface area contributed by atoms with E-state index < -0.39 is 0 Å². The second-order valence-electron chi connectivity index (χ2n) is 7.00. The van der Waals surface area contributed by atoms with Crippen LogP contribution in [-0.4, -0.2) is 22.4 Å². The van der Waals surface area contributed by atoms with E-state index in [0.717, 1.165) is 40.8 Å². The molecule has 0 unspecified atom stereocenters. The van der Waals surface area contributed by atoms with E-state index in [0.29, 0.717) is 25.0 Å². The van der Waals surface area contributed by atoms with Gasteiger partial charge in [-0.25, -0.2) is 5.43 Å². The molecule has 0 saturated heterocycles. The van der Waals surface area contributed by atoms with Crippen LogP contribution in [0.1, 0.15) is 41.6 Å². The molecule has 3 aromatic rings. The number of hydrogen-bond acceptors (Lipinski definition) is 5. The van der Waals surface area contributed by atoms with E-state index in [1.54, 1.807) is 18.3 Å². The molecule has 1 amide bonds. The van der Waals surface area contributed by atoms with Gasteiger partial charge in [0.2, 0.25) is 0 Å². The number of carbonyl (C=O) groups excluding carboxylic acids is 2. The van der Waals surface area contributed by atoms with Crippen molar-refractivity contribution in [2.75, 3.05) is 0 Å². The fourth-order valence-electron chi connectivity index (χ4n) is 3.29. The van der Waals surface area contributed by atoms with Gasteiger partial charge in [-0.3, -0.25) is 14.6 Å². The molecule has 29 heavy (non-hydrogen) atoms. The Bertz CT molecular complexity index is 1070. The van der Waals surface area contributed by atoms with Gasteiger partial charge in [-0.2, -0.15) is 5.10 Å². The molecule has 0 bridgehead atoms. The molecular formula is C23H21N3O3. The molecule has 0 radical (unpaired) electrons. The second-order valence-corrected chi connectivity index (χ2v) is 7.00. The van der Waals surface area contributed by atoms with E-state index in [4.69, 9.17) is 4.74 Å². The predicted octanol–water partition coefficient (Wildman–Crippen LogP) is 4.04. The molecule has 1 saturated carbocycles. The van der Waals surface area contributed by atoms with E-state index in [1.807, 2.05) is 42.5 Å². The molecule has 6 heteroatoms. The highest BCUT2D eigenvalue weighted by Crippen LogP contribution is 2.24. The van der Waals surface area contributed by atoms with Crippen molar-refractivity contribution in [3.8, 4) is 5.75 Å². The lowest BCUT2D eigenvalue weighted by Crippen LogP contribution is -2.22. The Morgan fingerprint density at radius 2 is 1.90 bits per heavy atom. The Kier molecular flexibility index (Phi) is 5.61. The molecule has 2 aromatic carbocycles. The summed E-state index contributed by atoms with van der Waals surface area (Å²) in [5, 5.41) is 5.13. The Hall–Kier alpha value is -3.54. The summed E-state index contributed by atoms with van der Waals surface area (Å²) >= 11 is 0. The number of hydrogen-bond donors (Lipinski definition) is 1. The van der Waals surface area contributed by atoms with Crippen LogP contribution in [0.3, 0.4) is 0 Å². The zero-order valence-corrected chi connectivity index (χ0v) is 15.9. The van der Waals surface area contributed by atoms with E-state index in [1.165, 1.54) is 0 Å². The van der Waals surface area contributed by atoms with Crippen LogP contribution in [0.15, 0.2) is 65.9 Å². The number of Topliss-reactive ketones (excluding diaryl/α,β-unsaturated/α-hetero) is 1. The van der Waals surface area contributed by atoms with Crippen LogP contribution < -0.4 is 10.2 Å². The molecule has 1 N–H and O–H groups in total. The molecule has 6 nitrogen and oxygen atoms in total. The maximum atomic E-state index is 12.3. The number of nitrogens with one attached hydrogen (secondary N) is 1. The number of carbonyl (C=O) groups is 2. The quantitative estimate of drug-likeness (QED) is 0.670. The van der Waals surface area contributed by atoms with E-state index in [2.05, 4.69) is 15.5 Å². The minimum atomic E-state index is -0.291. The van der Waals surface area contributed by atoms with Crippen molar-refractivity contribution in [3.05, 3.63) is 71.9 Å². The van der Waals surface area contributed by atoms with Crippen LogP contribution in [0.25, 0.3) is 10.9 Å². The number of nitrogens with zero attached hydrogens (tertiary/aromatic N) is 2. The van der Waals surface area contributed by atoms with Crippen LogP contribution in [0, 0.1) is 0 Å². The third kappa shape index (κ3) is 4.66. The summed E-state index contributed by atoms with van der Waals surface area (Å²) in [6.07, 6.45) is 4.24. The number of amides is 1. The van der Waals surface area contributed by atoms with Crippen LogP contribution in [0.2, 0.25) is 0 Å². The van der Waals surface area contributed by atoms with Crippen molar-refractivity contribution in [1.82, 2.24) is 10.4 Å². The van der Waals surface area contributed by atoms with E-state index in [9.17, 15) is 9.59 Å². The summed E-state index contributed by atoms with van der Waals surface area (Å²) in [7, 11) is 0. The highest BCUT2D eigenvalue weighted by Gasteiger charge is 2.15. The SMILES string of the molecule is O=C1CCCC(=NNC(=O)c2ccc(COc3cccc4cccnc34)cc2)C1. The average molecular weight is 387 g/mol. The topological polar surface area (TPSA) is 80.7 Å². The zero-order chi connectivity index (χ0) is 20.1. The number of ether oxygens (including phenoxy) is 1. The van der Waals surface area contributed by atoms with Crippen molar-refractivity contribution < 1.29 is 14.3 Å². The fourth-order valence-corrected chi connectivity index (χ4v) is 3.29. The molecule has 4 rings (SSSR count). The molecule has 1 aliphatic rings. The monoisotopic (exact) mass is 387 g/mol. The lowest BCUT2D eigenvalue weighted by atomic mass is 9.97. The van der Waals surface area contributed by atoms with Crippen molar-refractivity contribution >= 4 is 28.3 Å². The van der Waals surface area contributed by atoms with Crippen LogP contribution >= 0.6 is 0 Å². The van der Waals surface area contributed by atoms with Crippen LogP contribution in [0.5, 0.6) is 5.75 Å². The van der Waals surface area contributed by atoms with Crippen molar-refractivity contribution in [2.24, 2.45) is 5.10 Å². The molecule has 146 valence electrons. The largest absolute Gasteiger partial charge is 0.487 e. The van der Waals surface area contributed by atoms with Crippen LogP contribution in [0.4, 0.5) is 0 Å². The van der Waals surface area contributed by atoms with Crippen molar-refractivity contribution in [1.29, 1.82) is 0 Å². The van der Waals surface area contributed by atoms with Crippen molar-refractivity contribution in [2.45, 2.75) is 32.3 Å². The van der Waals surface area contributed by atoms with Gasteiger partial charge in [0.1, 0.15) is 23.7 Å². The maximum absolute atomic E-state index is 12.3. The number of pyridine rings is 1. The molecule has 0 atom stereocenters. The first-order valence-electron chi connectivity index (χ1n) is 9.62. The smallest absolute Gasteiger partial charge is 0.271 e. The molecule has 1 aliphatic carbocycles. The fraction of sp³-hybridized carbons (Fsp3) is 0.217. The highest BCUT2D eigenvalue weighted by molar-refractivity contribution is 6.04. The maximum Gasteiger partial charge on any atom is 0.271 e. The van der Waals surface area contributed by atoms with E-state index in [-0.39, 0.29) is 11.7 Å². The lowest BCUT2D eigenvalue weighted by molar-refractivity contribution is -0.118. The molecular weight excluding hydrogens is 366 g/mol. The number of rotatable bonds is 5. The van der Waals surface area contributed by atoms with Gasteiger partial charge in [0.05, 0.1) is 0 Å². The number of para-hydroxylation sites is 1. The van der Waals surface area contributed by atoms with Crippen molar-refractivity contribution in [3.63, 3.8) is 0 Å². The number of hydrazone groups is 1. The molecule has 0 aliphatic heterocycles. The minimum Gasteiger partial charge on any atom is -0.487 e. The summed E-state index contributed by atoms with van der Waals surface area (Å²) < 4.78 is 5.93. The molecule has 1 heterocycles. The van der Waals surface area contributed by atoms with Gasteiger partial charge in [-0.1, -0.05) is 30.3 Å². The summed E-state index contributed by atoms with van der Waals surface area (Å²) in [5.74, 6) is 0.610. The number of aromatic nitrogens is 1. The predicted molar refractivity (Wildman–Crippen MR) is 111 cm³/mol. The summed E-state index contributed by atoms with van der Waals surface area (Å²) in [6, 6.07) is 16.9. The Labute approximate surface area is 168 Å². The normalized spacial score (nSPS) is 15.4. The summed E-state index contributed by atoms with van der Waals surface area (Å²) in [6.45, 7) is 0.377. The average Bonchev–Trinajstić information content (AvgIpc) is 2.76. The van der Waals surface area contributed by atoms with E-state index >= 15 is 0 Å². The molecule has 1 fully saturated rings. The number of benzene rings is 2. The van der Waals surface area contributed by atoms with Gasteiger partial charge in [0.25, 0.3) is 5.91 Å². The van der Waals surface area contributed by atoms with Crippen LogP contribution in [-0.2, 0) is 11.4 Å². The third-order valence-electron chi connectivity index (χ3n) is 4.84. The second kappa shape index (κ2) is 8.65. The Balaban J connectivity index is 1.37. The van der Waals surface area contributed by atoms with Gasteiger partial charge in [0, 0.05) is 35.7 Å². The standard InChI is InChI=1S/C23H21N3O3/c27-20-7-2-6-19(14-20)25-26-23(28)18-11-9-16(10-12-18)15-29-21-8-1-4-17-5-3-13-24-22(17)21/h1,3-5,8-13H,2,6-7,14-15H2,(H,26,28). The molecule has 1 aromatic heterocycles. The molecule has 0 spiro atoms. The first kappa shape index (κ1) is 18.8. The first-order valence-corrected chi connectivity index (χ1v) is 9.62. The van der Waals surface area contributed by atoms with Gasteiger partial charge in [0.15, 0.2) is 0 Å². The highest BCUT2D eigenvalue weighted by atomic mass is 16.5.